The number of nitrogens with one attached hydrogen (secondary N) is 1. The Morgan fingerprint density at radius 2 is 1.81 bits per heavy atom. The minimum absolute atomic E-state index is 0.117. The zero-order valence-corrected chi connectivity index (χ0v) is 14.8. The number of methoxy groups -OCH3 is 1. The van der Waals surface area contributed by atoms with E-state index in [2.05, 4.69) is 5.32 Å². The highest BCUT2D eigenvalue weighted by Gasteiger charge is 2.12. The summed E-state index contributed by atoms with van der Waals surface area (Å²) in [5.41, 5.74) is 8.23. The monoisotopic (exact) mass is 364 g/mol. The Hall–Kier alpha value is -3.67. The zero-order valence-electron chi connectivity index (χ0n) is 14.8. The summed E-state index contributed by atoms with van der Waals surface area (Å²) in [5.74, 6) is 0.670. The van der Waals surface area contributed by atoms with E-state index in [9.17, 15) is 9.90 Å². The second-order valence-electron chi connectivity index (χ2n) is 5.86. The molecule has 0 bridgehead atoms. The van der Waals surface area contributed by atoms with Gasteiger partial charge >= 0.3 is 5.97 Å². The Kier molecular flexibility index (Phi) is 5.47. The van der Waals surface area contributed by atoms with Gasteiger partial charge in [-0.2, -0.15) is 0 Å². The van der Waals surface area contributed by atoms with Crippen LogP contribution in [0.3, 0.4) is 0 Å². The molecule has 0 amide bonds. The number of nitrogen functional groups attached to an aromatic ring is 1. The summed E-state index contributed by atoms with van der Waals surface area (Å²) in [4.78, 5) is 11.3. The summed E-state index contributed by atoms with van der Waals surface area (Å²) in [6.07, 6.45) is 0. The molecule has 3 aromatic carbocycles. The van der Waals surface area contributed by atoms with Crippen molar-refractivity contribution < 1.29 is 19.4 Å². The van der Waals surface area contributed by atoms with Gasteiger partial charge in [0.2, 0.25) is 0 Å². The van der Waals surface area contributed by atoms with Crippen LogP contribution in [0.25, 0.3) is 0 Å². The van der Waals surface area contributed by atoms with Gasteiger partial charge in [0.1, 0.15) is 22.8 Å². The molecule has 3 rings (SSSR count). The molecule has 0 atom stereocenters. The van der Waals surface area contributed by atoms with Crippen LogP contribution in [0.5, 0.6) is 17.2 Å². The Labute approximate surface area is 157 Å². The van der Waals surface area contributed by atoms with Gasteiger partial charge < -0.3 is 25.6 Å². The molecule has 0 aromatic heterocycles. The third kappa shape index (κ3) is 4.49. The maximum atomic E-state index is 11.3. The topological polar surface area (TPSA) is 93.8 Å². The van der Waals surface area contributed by atoms with Gasteiger partial charge in [0.15, 0.2) is 0 Å². The minimum atomic E-state index is -1.04. The fourth-order valence-corrected chi connectivity index (χ4v) is 2.61. The highest BCUT2D eigenvalue weighted by molar-refractivity contribution is 5.91. The number of ether oxygens (including phenoxy) is 2. The van der Waals surface area contributed by atoms with E-state index >= 15 is 0 Å². The van der Waals surface area contributed by atoms with Crippen molar-refractivity contribution in [2.24, 2.45) is 0 Å². The van der Waals surface area contributed by atoms with Gasteiger partial charge in [0.25, 0.3) is 0 Å². The number of carboxylic acid groups (broad SMARTS) is 1. The van der Waals surface area contributed by atoms with Crippen molar-refractivity contribution >= 4 is 17.3 Å². The van der Waals surface area contributed by atoms with Crippen molar-refractivity contribution in [1.82, 2.24) is 0 Å². The number of carbonyl (C=O) groups is 1. The van der Waals surface area contributed by atoms with E-state index in [1.54, 1.807) is 30.3 Å². The fourth-order valence-electron chi connectivity index (χ4n) is 2.61. The average Bonchev–Trinajstić information content (AvgIpc) is 2.69. The number of benzene rings is 3. The molecule has 0 aliphatic heterocycles. The molecule has 3 aromatic rings. The van der Waals surface area contributed by atoms with E-state index in [1.807, 2.05) is 36.4 Å². The molecule has 0 heterocycles. The molecule has 4 N–H and O–H groups in total. The van der Waals surface area contributed by atoms with Crippen LogP contribution in [0.15, 0.2) is 66.7 Å². The smallest absolute Gasteiger partial charge is 0.339 e. The number of hydrogen-bond donors (Lipinski definition) is 3. The molecule has 6 heteroatoms. The Morgan fingerprint density at radius 3 is 2.52 bits per heavy atom. The van der Waals surface area contributed by atoms with E-state index in [1.165, 1.54) is 7.11 Å². The molecule has 0 saturated heterocycles. The maximum Gasteiger partial charge on any atom is 0.339 e. The minimum Gasteiger partial charge on any atom is -0.496 e. The first-order valence-corrected chi connectivity index (χ1v) is 8.33. The summed E-state index contributed by atoms with van der Waals surface area (Å²) in [6, 6.07) is 19.8. The van der Waals surface area contributed by atoms with Gasteiger partial charge in [-0.15, -0.1) is 0 Å². The van der Waals surface area contributed by atoms with E-state index in [4.69, 9.17) is 15.2 Å². The van der Waals surface area contributed by atoms with Gasteiger partial charge in [0.05, 0.1) is 18.5 Å². The number of carboxylic acids is 1. The Morgan fingerprint density at radius 1 is 1.04 bits per heavy atom. The van der Waals surface area contributed by atoms with Crippen molar-refractivity contribution in [2.75, 3.05) is 18.2 Å². The Balaban J connectivity index is 1.75. The van der Waals surface area contributed by atoms with Crippen LogP contribution < -0.4 is 20.5 Å². The predicted octanol–water partition coefficient (Wildman–Crippen LogP) is 4.38. The molecule has 0 saturated carbocycles. The summed E-state index contributed by atoms with van der Waals surface area (Å²) in [7, 11) is 1.44. The number of anilines is 2. The van der Waals surface area contributed by atoms with Gasteiger partial charge in [-0.3, -0.25) is 0 Å². The van der Waals surface area contributed by atoms with Crippen molar-refractivity contribution in [3.05, 3.63) is 77.9 Å². The largest absolute Gasteiger partial charge is 0.496 e. The van der Waals surface area contributed by atoms with E-state index in [0.29, 0.717) is 29.4 Å². The molecule has 0 spiro atoms. The number of rotatable bonds is 7. The molecule has 6 nitrogen and oxygen atoms in total. The molecule has 0 unspecified atom stereocenters. The normalized spacial score (nSPS) is 10.3. The zero-order chi connectivity index (χ0) is 19.2. The van der Waals surface area contributed by atoms with Crippen molar-refractivity contribution in [3.63, 3.8) is 0 Å². The SMILES string of the molecule is COc1ccc(CNc2cc(Oc3ccccc3)ccc2N)cc1C(=O)O. The van der Waals surface area contributed by atoms with Crippen LogP contribution in [0.4, 0.5) is 11.4 Å². The molecular weight excluding hydrogens is 344 g/mol. The van der Waals surface area contributed by atoms with Crippen LogP contribution in [-0.2, 0) is 6.54 Å². The lowest BCUT2D eigenvalue weighted by Gasteiger charge is -2.13. The van der Waals surface area contributed by atoms with Crippen LogP contribution in [0, 0.1) is 0 Å². The quantitative estimate of drug-likeness (QED) is 0.539. The number of hydrogen-bond acceptors (Lipinski definition) is 5. The van der Waals surface area contributed by atoms with E-state index < -0.39 is 5.97 Å². The summed E-state index contributed by atoms with van der Waals surface area (Å²) in [6.45, 7) is 0.406. The van der Waals surface area contributed by atoms with Crippen molar-refractivity contribution in [1.29, 1.82) is 0 Å². The first-order valence-electron chi connectivity index (χ1n) is 8.33. The molecule has 0 aliphatic carbocycles. The van der Waals surface area contributed by atoms with Gasteiger partial charge in [-0.25, -0.2) is 4.79 Å². The lowest BCUT2D eigenvalue weighted by molar-refractivity contribution is 0.0693. The third-order valence-electron chi connectivity index (χ3n) is 3.98. The molecule has 0 aliphatic rings. The third-order valence-corrected chi connectivity index (χ3v) is 3.98. The van der Waals surface area contributed by atoms with Crippen LogP contribution >= 0.6 is 0 Å². The maximum absolute atomic E-state index is 11.3. The lowest BCUT2D eigenvalue weighted by atomic mass is 10.1. The second kappa shape index (κ2) is 8.14. The number of para-hydroxylation sites is 1. The van der Waals surface area contributed by atoms with Crippen LogP contribution in [-0.4, -0.2) is 18.2 Å². The van der Waals surface area contributed by atoms with Crippen molar-refractivity contribution in [2.45, 2.75) is 6.54 Å². The number of aromatic carboxylic acids is 1. The summed E-state index contributed by atoms with van der Waals surface area (Å²) < 4.78 is 10.9. The molecule has 138 valence electrons. The van der Waals surface area contributed by atoms with Crippen LogP contribution in [0.2, 0.25) is 0 Å². The average molecular weight is 364 g/mol. The molecule has 0 fully saturated rings. The standard InChI is InChI=1S/C21H20N2O4/c1-26-20-10-7-14(11-17(20)21(24)25)13-23-19-12-16(8-9-18(19)22)27-15-5-3-2-4-6-15/h2-12,23H,13,22H2,1H3,(H,24,25). The molecule has 0 radical (unpaired) electrons. The summed E-state index contributed by atoms with van der Waals surface area (Å²) >= 11 is 0. The van der Waals surface area contributed by atoms with E-state index in [0.717, 1.165) is 11.3 Å². The summed E-state index contributed by atoms with van der Waals surface area (Å²) in [5, 5.41) is 12.5. The first-order chi connectivity index (χ1) is 13.1. The molecule has 27 heavy (non-hydrogen) atoms. The number of nitrogens with two attached hydrogens (primary N) is 1. The second-order valence-corrected chi connectivity index (χ2v) is 5.86. The first kappa shape index (κ1) is 18.1. The fraction of sp³-hybridized carbons (Fsp3) is 0.0952. The highest BCUT2D eigenvalue weighted by atomic mass is 16.5. The van der Waals surface area contributed by atoms with Gasteiger partial charge in [-0.1, -0.05) is 24.3 Å². The Bertz CT molecular complexity index is 942. The van der Waals surface area contributed by atoms with Gasteiger partial charge in [0, 0.05) is 12.6 Å². The van der Waals surface area contributed by atoms with Crippen LogP contribution in [0.1, 0.15) is 15.9 Å². The predicted molar refractivity (Wildman–Crippen MR) is 105 cm³/mol. The highest BCUT2D eigenvalue weighted by Crippen LogP contribution is 2.29. The van der Waals surface area contributed by atoms with Gasteiger partial charge in [-0.05, 0) is 42.0 Å². The van der Waals surface area contributed by atoms with Crippen molar-refractivity contribution in [3.8, 4) is 17.2 Å². The van der Waals surface area contributed by atoms with E-state index in [-0.39, 0.29) is 5.56 Å². The molecular formula is C21H20N2O4. The lowest BCUT2D eigenvalue weighted by Crippen LogP contribution is -2.06.